The van der Waals surface area contributed by atoms with Gasteiger partial charge in [-0.15, -0.1) is 0 Å². The molecule has 0 atom stereocenters. The zero-order valence-corrected chi connectivity index (χ0v) is 15.3. The molecule has 0 saturated heterocycles. The second-order valence-corrected chi connectivity index (χ2v) is 6.95. The zero-order chi connectivity index (χ0) is 17.9. The Morgan fingerprint density at radius 2 is 1.92 bits per heavy atom. The van der Waals surface area contributed by atoms with E-state index < -0.39 is 0 Å². The minimum Gasteiger partial charge on any atom is -0.494 e. The first-order valence-electron chi connectivity index (χ1n) is 8.53. The first-order chi connectivity index (χ1) is 12.7. The summed E-state index contributed by atoms with van der Waals surface area (Å²) in [5.41, 5.74) is 2.05. The summed E-state index contributed by atoms with van der Waals surface area (Å²) >= 11 is 1.44. The van der Waals surface area contributed by atoms with Gasteiger partial charge in [0.2, 0.25) is 0 Å². The Bertz CT molecular complexity index is 1070. The van der Waals surface area contributed by atoms with Crippen LogP contribution in [0.3, 0.4) is 0 Å². The van der Waals surface area contributed by atoms with E-state index in [-0.39, 0.29) is 5.56 Å². The number of fused-ring (bicyclic) bond motifs is 1. The molecular weight excluding hydrogens is 346 g/mol. The van der Waals surface area contributed by atoms with Gasteiger partial charge >= 0.3 is 0 Å². The smallest absolute Gasteiger partial charge is 0.271 e. The molecular formula is C20H19N3O2S. The summed E-state index contributed by atoms with van der Waals surface area (Å²) in [5.74, 6) is 0.834. The molecule has 6 heteroatoms. The Labute approximate surface area is 155 Å². The summed E-state index contributed by atoms with van der Waals surface area (Å²) in [7, 11) is 0. The Morgan fingerprint density at radius 3 is 2.65 bits per heavy atom. The molecule has 0 aliphatic carbocycles. The lowest BCUT2D eigenvalue weighted by Crippen LogP contribution is -2.42. The Morgan fingerprint density at radius 1 is 1.15 bits per heavy atom. The van der Waals surface area contributed by atoms with Gasteiger partial charge in [-0.25, -0.2) is 4.99 Å². The van der Waals surface area contributed by atoms with Gasteiger partial charge in [-0.05, 0) is 42.8 Å². The molecule has 2 heterocycles. The van der Waals surface area contributed by atoms with Crippen molar-refractivity contribution in [3.05, 3.63) is 79.8 Å². The monoisotopic (exact) mass is 365 g/mol. The normalized spacial score (nSPS) is 14.0. The largest absolute Gasteiger partial charge is 0.494 e. The molecule has 4 rings (SSSR count). The number of rotatable bonds is 4. The fourth-order valence-electron chi connectivity index (χ4n) is 2.89. The summed E-state index contributed by atoms with van der Waals surface area (Å²) in [6, 6.07) is 17.8. The fraction of sp³-hybridized carbons (Fsp3) is 0.200. The highest BCUT2D eigenvalue weighted by molar-refractivity contribution is 7.07. The summed E-state index contributed by atoms with van der Waals surface area (Å²) in [4.78, 5) is 20.2. The first-order valence-corrected chi connectivity index (χ1v) is 9.35. The molecule has 0 saturated carbocycles. The molecule has 0 N–H and O–H groups in total. The number of anilines is 1. The molecule has 0 unspecified atom stereocenters. The Hall–Kier alpha value is -2.86. The third-order valence-corrected chi connectivity index (χ3v) is 5.23. The third-order valence-electron chi connectivity index (χ3n) is 4.19. The number of benzene rings is 2. The SMILES string of the molecule is CCOc1ccc(/C=c2/sc3n(c2=O)CN(c2ccccc2)CN=3)cc1. The van der Waals surface area contributed by atoms with Crippen molar-refractivity contribution in [2.24, 2.45) is 4.99 Å². The maximum atomic E-state index is 12.8. The van der Waals surface area contributed by atoms with Crippen LogP contribution < -0.4 is 24.5 Å². The molecule has 1 aromatic heterocycles. The number of ether oxygens (including phenoxy) is 1. The second kappa shape index (κ2) is 7.17. The molecule has 132 valence electrons. The number of thiazole rings is 1. The summed E-state index contributed by atoms with van der Waals surface area (Å²) in [6.07, 6.45) is 1.91. The van der Waals surface area contributed by atoms with Gasteiger partial charge < -0.3 is 9.64 Å². The molecule has 26 heavy (non-hydrogen) atoms. The van der Waals surface area contributed by atoms with Crippen LogP contribution in [0, 0.1) is 0 Å². The van der Waals surface area contributed by atoms with E-state index in [4.69, 9.17) is 4.74 Å². The van der Waals surface area contributed by atoms with Crippen LogP contribution in [0.4, 0.5) is 5.69 Å². The topological polar surface area (TPSA) is 46.8 Å². The van der Waals surface area contributed by atoms with Crippen LogP contribution in [0.5, 0.6) is 5.75 Å². The number of aromatic nitrogens is 1. The van der Waals surface area contributed by atoms with Crippen molar-refractivity contribution in [1.29, 1.82) is 0 Å². The number of hydrogen-bond donors (Lipinski definition) is 0. The van der Waals surface area contributed by atoms with E-state index in [2.05, 4.69) is 9.89 Å². The standard InChI is InChI=1S/C20H19N3O2S/c1-2-25-17-10-8-15(9-11-17)12-18-19(24)23-14-22(13-21-20(23)26-18)16-6-4-3-5-7-16/h3-12H,2,13-14H2,1H3/b18-12+. The minimum absolute atomic E-state index is 0.00302. The molecule has 0 fully saturated rings. The lowest BCUT2D eigenvalue weighted by atomic mass is 10.2. The second-order valence-electron chi connectivity index (χ2n) is 5.94. The van der Waals surface area contributed by atoms with E-state index in [0.717, 1.165) is 21.8 Å². The zero-order valence-electron chi connectivity index (χ0n) is 14.5. The van der Waals surface area contributed by atoms with Gasteiger partial charge in [0.05, 0.1) is 11.1 Å². The molecule has 0 bridgehead atoms. The fourth-order valence-corrected chi connectivity index (χ4v) is 3.85. The van der Waals surface area contributed by atoms with Gasteiger partial charge in [-0.1, -0.05) is 41.7 Å². The number of hydrogen-bond acceptors (Lipinski definition) is 5. The quantitative estimate of drug-likeness (QED) is 0.712. The van der Waals surface area contributed by atoms with Crippen LogP contribution in [0.2, 0.25) is 0 Å². The highest BCUT2D eigenvalue weighted by Crippen LogP contribution is 2.15. The first kappa shape index (κ1) is 16.6. The maximum absolute atomic E-state index is 12.8. The average Bonchev–Trinajstić information content (AvgIpc) is 2.99. The van der Waals surface area contributed by atoms with Crippen molar-refractivity contribution in [2.45, 2.75) is 13.6 Å². The number of nitrogens with zero attached hydrogens (tertiary/aromatic N) is 3. The van der Waals surface area contributed by atoms with Gasteiger partial charge in [0.15, 0.2) is 4.80 Å². The minimum atomic E-state index is 0.00302. The van der Waals surface area contributed by atoms with Gasteiger partial charge in [-0.2, -0.15) is 0 Å². The average molecular weight is 365 g/mol. The van der Waals surface area contributed by atoms with Crippen molar-refractivity contribution in [3.8, 4) is 5.75 Å². The molecule has 0 amide bonds. The van der Waals surface area contributed by atoms with E-state index in [9.17, 15) is 4.79 Å². The van der Waals surface area contributed by atoms with E-state index in [0.29, 0.717) is 24.5 Å². The molecule has 0 spiro atoms. The summed E-state index contributed by atoms with van der Waals surface area (Å²) in [5, 5.41) is 0. The molecule has 1 aliphatic rings. The van der Waals surface area contributed by atoms with Crippen LogP contribution >= 0.6 is 11.3 Å². The van der Waals surface area contributed by atoms with E-state index in [1.807, 2.05) is 67.6 Å². The number of para-hydroxylation sites is 1. The highest BCUT2D eigenvalue weighted by atomic mass is 32.1. The molecule has 0 radical (unpaired) electrons. The van der Waals surface area contributed by atoms with Gasteiger partial charge in [0, 0.05) is 5.69 Å². The van der Waals surface area contributed by atoms with Crippen LogP contribution in [-0.4, -0.2) is 17.8 Å². The van der Waals surface area contributed by atoms with E-state index in [1.54, 1.807) is 4.57 Å². The van der Waals surface area contributed by atoms with Crippen molar-refractivity contribution in [3.63, 3.8) is 0 Å². The molecule has 5 nitrogen and oxygen atoms in total. The lowest BCUT2D eigenvalue weighted by molar-refractivity contribution is 0.340. The summed E-state index contributed by atoms with van der Waals surface area (Å²) in [6.45, 7) is 3.68. The van der Waals surface area contributed by atoms with Crippen LogP contribution in [0.15, 0.2) is 64.4 Å². The van der Waals surface area contributed by atoms with Crippen molar-refractivity contribution < 1.29 is 4.74 Å². The molecule has 3 aromatic rings. The van der Waals surface area contributed by atoms with Gasteiger partial charge in [-0.3, -0.25) is 9.36 Å². The predicted molar refractivity (Wildman–Crippen MR) is 104 cm³/mol. The predicted octanol–water partition coefficient (Wildman–Crippen LogP) is 2.19. The van der Waals surface area contributed by atoms with Gasteiger partial charge in [0.1, 0.15) is 19.1 Å². The molecule has 1 aliphatic heterocycles. The van der Waals surface area contributed by atoms with Gasteiger partial charge in [0.25, 0.3) is 5.56 Å². The van der Waals surface area contributed by atoms with E-state index >= 15 is 0 Å². The van der Waals surface area contributed by atoms with Crippen LogP contribution in [0.25, 0.3) is 6.08 Å². The van der Waals surface area contributed by atoms with Crippen LogP contribution in [0.1, 0.15) is 12.5 Å². The maximum Gasteiger partial charge on any atom is 0.271 e. The molecule has 2 aromatic carbocycles. The van der Waals surface area contributed by atoms with Crippen molar-refractivity contribution in [2.75, 3.05) is 18.2 Å². The highest BCUT2D eigenvalue weighted by Gasteiger charge is 2.15. The van der Waals surface area contributed by atoms with E-state index in [1.165, 1.54) is 11.3 Å². The Balaban J connectivity index is 1.65. The van der Waals surface area contributed by atoms with Crippen LogP contribution in [-0.2, 0) is 6.67 Å². The van der Waals surface area contributed by atoms with Crippen molar-refractivity contribution in [1.82, 2.24) is 4.57 Å². The summed E-state index contributed by atoms with van der Waals surface area (Å²) < 4.78 is 7.89. The third kappa shape index (κ3) is 3.28. The lowest BCUT2D eigenvalue weighted by Gasteiger charge is -2.25. The Kier molecular flexibility index (Phi) is 4.58. The van der Waals surface area contributed by atoms with Crippen molar-refractivity contribution >= 4 is 23.1 Å².